The molecule has 0 fully saturated rings. The van der Waals surface area contributed by atoms with Crippen LogP contribution in [0.4, 0.5) is 5.69 Å². The lowest BCUT2D eigenvalue weighted by Gasteiger charge is -2.30. The number of anilines is 1. The maximum absolute atomic E-state index is 11.6. The predicted molar refractivity (Wildman–Crippen MR) is 124 cm³/mol. The van der Waals surface area contributed by atoms with Crippen LogP contribution in [-0.2, 0) is 21.3 Å². The van der Waals surface area contributed by atoms with Crippen molar-refractivity contribution in [2.24, 2.45) is 0 Å². The highest BCUT2D eigenvalue weighted by Crippen LogP contribution is 2.38. The van der Waals surface area contributed by atoms with E-state index in [9.17, 15) is 23.4 Å². The van der Waals surface area contributed by atoms with Gasteiger partial charge in [0.2, 0.25) is 0 Å². The van der Waals surface area contributed by atoms with Gasteiger partial charge < -0.3 is 29.8 Å². The van der Waals surface area contributed by atoms with Crippen LogP contribution in [-0.4, -0.2) is 49.5 Å². The van der Waals surface area contributed by atoms with Crippen LogP contribution in [0.2, 0.25) is 0 Å². The molecule has 180 valence electrons. The predicted octanol–water partition coefficient (Wildman–Crippen LogP) is 2.32. The lowest BCUT2D eigenvalue weighted by Crippen LogP contribution is -2.43. The molecule has 4 N–H and O–H groups in total. The summed E-state index contributed by atoms with van der Waals surface area (Å²) in [4.78, 5) is 11.6. The van der Waals surface area contributed by atoms with Gasteiger partial charge >= 0.3 is 10.1 Å². The summed E-state index contributed by atoms with van der Waals surface area (Å²) < 4.78 is 33.3. The van der Waals surface area contributed by atoms with E-state index >= 15 is 0 Å². The number of fused-ring (bicyclic) bond motifs is 1. The zero-order chi connectivity index (χ0) is 24.6. The van der Waals surface area contributed by atoms with Crippen LogP contribution in [0.3, 0.4) is 0 Å². The molecule has 1 amide bonds. The van der Waals surface area contributed by atoms with Crippen molar-refractivity contribution in [3.8, 4) is 17.2 Å². The highest BCUT2D eigenvalue weighted by Gasteiger charge is 2.27. The van der Waals surface area contributed by atoms with Crippen molar-refractivity contribution in [1.82, 2.24) is 5.32 Å². The SMILES string of the molecule is Cc1cc(OS(C)(=O)=O)cc(C)c1CC(C)(C)NCC(O)c1cc(O)cc2c1OCC(=O)N2. The summed E-state index contributed by atoms with van der Waals surface area (Å²) in [5.41, 5.74) is 3.11. The number of aliphatic hydroxyl groups excluding tert-OH is 1. The van der Waals surface area contributed by atoms with Gasteiger partial charge in [0, 0.05) is 23.7 Å². The van der Waals surface area contributed by atoms with Gasteiger partial charge in [0.15, 0.2) is 6.61 Å². The van der Waals surface area contributed by atoms with Crippen molar-refractivity contribution in [2.75, 3.05) is 24.7 Å². The summed E-state index contributed by atoms with van der Waals surface area (Å²) in [5.74, 6) is 0.202. The number of aliphatic hydroxyl groups is 1. The van der Waals surface area contributed by atoms with E-state index in [1.54, 1.807) is 12.1 Å². The second-order valence-corrected chi connectivity index (χ2v) is 10.6. The molecule has 0 aromatic heterocycles. The van der Waals surface area contributed by atoms with E-state index in [1.165, 1.54) is 12.1 Å². The van der Waals surface area contributed by atoms with Crippen LogP contribution in [0.5, 0.6) is 17.2 Å². The number of aryl methyl sites for hydroxylation is 2. The minimum Gasteiger partial charge on any atom is -0.508 e. The Morgan fingerprint density at radius 1 is 1.21 bits per heavy atom. The molecule has 3 rings (SSSR count). The van der Waals surface area contributed by atoms with Gasteiger partial charge in [-0.3, -0.25) is 4.79 Å². The van der Waals surface area contributed by atoms with Crippen LogP contribution in [0.15, 0.2) is 24.3 Å². The molecule has 0 aliphatic carbocycles. The van der Waals surface area contributed by atoms with Crippen LogP contribution < -0.4 is 19.6 Å². The molecule has 1 atom stereocenters. The number of β-amino-alcohol motifs (C(OH)–C–C–N with tert-alkyl or cyclic N) is 1. The summed E-state index contributed by atoms with van der Waals surface area (Å²) in [6, 6.07) is 6.19. The normalized spacial score (nSPS) is 14.8. The number of benzene rings is 2. The average molecular weight is 479 g/mol. The smallest absolute Gasteiger partial charge is 0.306 e. The lowest BCUT2D eigenvalue weighted by atomic mass is 9.89. The zero-order valence-electron chi connectivity index (χ0n) is 19.4. The van der Waals surface area contributed by atoms with Gasteiger partial charge in [-0.05, 0) is 69.0 Å². The van der Waals surface area contributed by atoms with Gasteiger partial charge in [0.05, 0.1) is 18.0 Å². The molecular weight excluding hydrogens is 448 g/mol. The van der Waals surface area contributed by atoms with Crippen molar-refractivity contribution in [3.05, 3.63) is 46.5 Å². The third-order valence-electron chi connectivity index (χ3n) is 5.39. The Balaban J connectivity index is 1.73. The molecule has 0 saturated carbocycles. The first-order valence-corrected chi connectivity index (χ1v) is 12.3. The van der Waals surface area contributed by atoms with Crippen molar-refractivity contribution in [3.63, 3.8) is 0 Å². The number of amides is 1. The number of nitrogens with one attached hydrogen (secondary N) is 2. The second kappa shape index (κ2) is 9.20. The second-order valence-electron chi connectivity index (χ2n) is 9.03. The third kappa shape index (κ3) is 6.37. The van der Waals surface area contributed by atoms with Gasteiger partial charge in [0.25, 0.3) is 5.91 Å². The molecule has 0 spiro atoms. The van der Waals surface area contributed by atoms with Gasteiger partial charge in [-0.15, -0.1) is 0 Å². The molecule has 10 heteroatoms. The molecule has 1 aliphatic heterocycles. The number of carbonyl (C=O) groups excluding carboxylic acids is 1. The monoisotopic (exact) mass is 478 g/mol. The summed E-state index contributed by atoms with van der Waals surface area (Å²) in [6.07, 6.45) is 0.626. The van der Waals surface area contributed by atoms with Crippen LogP contribution in [0, 0.1) is 13.8 Å². The first-order valence-electron chi connectivity index (χ1n) is 10.5. The van der Waals surface area contributed by atoms with Crippen molar-refractivity contribution >= 4 is 21.7 Å². The lowest BCUT2D eigenvalue weighted by molar-refractivity contribution is -0.118. The number of carbonyl (C=O) groups is 1. The number of hydrogen-bond acceptors (Lipinski definition) is 8. The molecular formula is C23H30N2O7S. The van der Waals surface area contributed by atoms with E-state index in [0.29, 0.717) is 23.4 Å². The van der Waals surface area contributed by atoms with Crippen molar-refractivity contribution in [1.29, 1.82) is 0 Å². The Morgan fingerprint density at radius 2 is 1.85 bits per heavy atom. The Morgan fingerprint density at radius 3 is 2.45 bits per heavy atom. The van der Waals surface area contributed by atoms with E-state index in [2.05, 4.69) is 10.6 Å². The Kier molecular flexibility index (Phi) is 6.92. The minimum absolute atomic E-state index is 0.0875. The third-order valence-corrected chi connectivity index (χ3v) is 5.89. The quantitative estimate of drug-likeness (QED) is 0.425. The Labute approximate surface area is 193 Å². The minimum atomic E-state index is -3.61. The highest BCUT2D eigenvalue weighted by atomic mass is 32.2. The topological polar surface area (TPSA) is 134 Å². The fourth-order valence-corrected chi connectivity index (χ4v) is 4.35. The van der Waals surface area contributed by atoms with Gasteiger partial charge in [-0.2, -0.15) is 8.42 Å². The summed E-state index contributed by atoms with van der Waals surface area (Å²) >= 11 is 0. The number of rotatable bonds is 8. The van der Waals surface area contributed by atoms with Crippen LogP contribution in [0.25, 0.3) is 0 Å². The molecule has 1 heterocycles. The molecule has 9 nitrogen and oxygen atoms in total. The maximum Gasteiger partial charge on any atom is 0.306 e. The number of phenols is 1. The Bertz CT molecular complexity index is 1150. The molecule has 0 bridgehead atoms. The van der Waals surface area contributed by atoms with Gasteiger partial charge in [0.1, 0.15) is 17.2 Å². The summed E-state index contributed by atoms with van der Waals surface area (Å²) in [5, 5.41) is 26.8. The molecule has 1 unspecified atom stereocenters. The first-order chi connectivity index (χ1) is 15.2. The largest absolute Gasteiger partial charge is 0.508 e. The first kappa shape index (κ1) is 24.8. The van der Waals surface area contributed by atoms with Gasteiger partial charge in [-0.1, -0.05) is 0 Å². The fraction of sp³-hybridized carbons (Fsp3) is 0.435. The van der Waals surface area contributed by atoms with E-state index < -0.39 is 21.8 Å². The number of phenolic OH excluding ortho intramolecular Hbond substituents is 1. The van der Waals surface area contributed by atoms with Crippen molar-refractivity contribution in [2.45, 2.75) is 45.8 Å². The van der Waals surface area contributed by atoms with Gasteiger partial charge in [-0.25, -0.2) is 0 Å². The van der Waals surface area contributed by atoms with E-state index in [-0.39, 0.29) is 30.6 Å². The van der Waals surface area contributed by atoms with E-state index in [4.69, 9.17) is 8.92 Å². The Hall–Kier alpha value is -2.82. The number of hydrogen-bond donors (Lipinski definition) is 4. The fourth-order valence-electron chi connectivity index (χ4n) is 3.90. The standard InChI is InChI=1S/C23H30N2O7S/c1-13-6-16(32-33(5,29)30)7-14(2)18(13)10-23(3,4)24-11-20(27)17-8-15(26)9-19-22(17)31-12-21(28)25-19/h6-9,20,24,26-27H,10-12H2,1-5H3,(H,25,28). The van der Waals surface area contributed by atoms with Crippen molar-refractivity contribution < 1.29 is 32.3 Å². The van der Waals surface area contributed by atoms with E-state index in [1.807, 2.05) is 27.7 Å². The average Bonchev–Trinajstić information content (AvgIpc) is 2.67. The molecule has 0 radical (unpaired) electrons. The molecule has 33 heavy (non-hydrogen) atoms. The molecule has 2 aromatic carbocycles. The summed E-state index contributed by atoms with van der Waals surface area (Å²) in [6.45, 7) is 7.80. The molecule has 2 aromatic rings. The molecule has 0 saturated heterocycles. The highest BCUT2D eigenvalue weighted by molar-refractivity contribution is 7.86. The van der Waals surface area contributed by atoms with Crippen LogP contribution in [0.1, 0.15) is 42.2 Å². The zero-order valence-corrected chi connectivity index (χ0v) is 20.2. The number of aromatic hydroxyl groups is 1. The molecule has 1 aliphatic rings. The number of ether oxygens (including phenoxy) is 1. The van der Waals surface area contributed by atoms with Crippen LogP contribution >= 0.6 is 0 Å². The maximum atomic E-state index is 11.6. The summed E-state index contributed by atoms with van der Waals surface area (Å²) in [7, 11) is -3.61. The van der Waals surface area contributed by atoms with E-state index in [0.717, 1.165) is 22.9 Å².